The molecule has 0 aromatic heterocycles. The van der Waals surface area contributed by atoms with Crippen molar-refractivity contribution in [3.63, 3.8) is 0 Å². The summed E-state index contributed by atoms with van der Waals surface area (Å²) in [7, 11) is 0. The van der Waals surface area contributed by atoms with E-state index in [1.807, 2.05) is 19.1 Å². The third-order valence-corrected chi connectivity index (χ3v) is 4.64. The van der Waals surface area contributed by atoms with Crippen LogP contribution in [0.3, 0.4) is 0 Å². The molecule has 8 nitrogen and oxygen atoms in total. The number of urea groups is 1. The molecule has 0 aliphatic carbocycles. The minimum absolute atomic E-state index is 0. The number of carbonyl (C=O) groups excluding carboxylic acids is 3. The zero-order valence-corrected chi connectivity index (χ0v) is 15.4. The molecular formula is C17H23ClN4O4. The van der Waals surface area contributed by atoms with Crippen LogP contribution in [0.5, 0.6) is 0 Å². The van der Waals surface area contributed by atoms with E-state index in [4.69, 9.17) is 4.74 Å². The van der Waals surface area contributed by atoms with Gasteiger partial charge in [-0.3, -0.25) is 14.9 Å². The minimum Gasteiger partial charge on any atom is -0.375 e. The molecule has 26 heavy (non-hydrogen) atoms. The fourth-order valence-electron chi connectivity index (χ4n) is 3.03. The van der Waals surface area contributed by atoms with E-state index in [1.54, 1.807) is 19.1 Å². The van der Waals surface area contributed by atoms with Crippen molar-refractivity contribution < 1.29 is 19.1 Å². The Morgan fingerprint density at radius 3 is 2.58 bits per heavy atom. The van der Waals surface area contributed by atoms with Crippen molar-refractivity contribution in [2.75, 3.05) is 13.2 Å². The molecule has 142 valence electrons. The second kappa shape index (κ2) is 8.03. The summed E-state index contributed by atoms with van der Waals surface area (Å²) in [4.78, 5) is 35.5. The number of amides is 4. The second-order valence-electron chi connectivity index (χ2n) is 6.46. The van der Waals surface area contributed by atoms with E-state index in [2.05, 4.69) is 21.3 Å². The van der Waals surface area contributed by atoms with Gasteiger partial charge in [-0.15, -0.1) is 12.4 Å². The summed E-state index contributed by atoms with van der Waals surface area (Å²) >= 11 is 0. The van der Waals surface area contributed by atoms with E-state index in [9.17, 15) is 14.4 Å². The first-order chi connectivity index (χ1) is 11.9. The lowest BCUT2D eigenvalue weighted by molar-refractivity contribution is -0.129. The smallest absolute Gasteiger partial charge is 0.322 e. The lowest BCUT2D eigenvalue weighted by Crippen LogP contribution is -2.55. The molecule has 3 atom stereocenters. The maximum absolute atomic E-state index is 12.2. The minimum atomic E-state index is -1.07. The molecule has 2 aliphatic rings. The van der Waals surface area contributed by atoms with Crippen LogP contribution < -0.4 is 21.3 Å². The summed E-state index contributed by atoms with van der Waals surface area (Å²) < 4.78 is 5.47. The highest BCUT2D eigenvalue weighted by molar-refractivity contribution is 6.07. The van der Waals surface area contributed by atoms with Gasteiger partial charge in [-0.25, -0.2) is 4.79 Å². The van der Waals surface area contributed by atoms with E-state index >= 15 is 0 Å². The predicted molar refractivity (Wildman–Crippen MR) is 96.8 cm³/mol. The van der Waals surface area contributed by atoms with Crippen molar-refractivity contribution in [2.45, 2.75) is 38.1 Å². The Kier molecular flexibility index (Phi) is 6.22. The predicted octanol–water partition coefficient (Wildman–Crippen LogP) is 0.156. The number of rotatable bonds is 4. The molecule has 0 saturated carbocycles. The van der Waals surface area contributed by atoms with E-state index in [1.165, 1.54) is 0 Å². The van der Waals surface area contributed by atoms with Gasteiger partial charge in [-0.1, -0.05) is 24.3 Å². The third-order valence-electron chi connectivity index (χ3n) is 4.64. The average molecular weight is 383 g/mol. The number of nitrogens with one attached hydrogen (secondary N) is 4. The van der Waals surface area contributed by atoms with Crippen LogP contribution in [0, 0.1) is 0 Å². The van der Waals surface area contributed by atoms with Gasteiger partial charge in [0.25, 0.3) is 5.91 Å². The summed E-state index contributed by atoms with van der Waals surface area (Å²) in [5.74, 6) is -0.485. The van der Waals surface area contributed by atoms with Gasteiger partial charge in [-0.2, -0.15) is 0 Å². The zero-order valence-electron chi connectivity index (χ0n) is 14.6. The second-order valence-corrected chi connectivity index (χ2v) is 6.46. The number of carbonyl (C=O) groups is 3. The van der Waals surface area contributed by atoms with Crippen molar-refractivity contribution in [1.29, 1.82) is 0 Å². The average Bonchev–Trinajstić information content (AvgIpc) is 2.86. The van der Waals surface area contributed by atoms with Crippen molar-refractivity contribution in [3.8, 4) is 0 Å². The first-order valence-corrected chi connectivity index (χ1v) is 8.26. The third kappa shape index (κ3) is 3.98. The first-order valence-electron chi connectivity index (χ1n) is 8.26. The van der Waals surface area contributed by atoms with Crippen LogP contribution >= 0.6 is 12.4 Å². The van der Waals surface area contributed by atoms with Gasteiger partial charge in [0.15, 0.2) is 0 Å². The van der Waals surface area contributed by atoms with Crippen LogP contribution in [0.25, 0.3) is 0 Å². The molecule has 2 aliphatic heterocycles. The number of hydrogen-bond acceptors (Lipinski definition) is 5. The monoisotopic (exact) mass is 382 g/mol. The largest absolute Gasteiger partial charge is 0.375 e. The molecule has 1 unspecified atom stereocenters. The lowest BCUT2D eigenvalue weighted by Gasteiger charge is -2.29. The van der Waals surface area contributed by atoms with E-state index in [0.29, 0.717) is 25.3 Å². The van der Waals surface area contributed by atoms with Crippen molar-refractivity contribution in [3.05, 3.63) is 35.4 Å². The van der Waals surface area contributed by atoms with Crippen LogP contribution in [-0.2, 0) is 26.4 Å². The Morgan fingerprint density at radius 1 is 1.31 bits per heavy atom. The van der Waals surface area contributed by atoms with E-state index in [-0.39, 0.29) is 36.4 Å². The summed E-state index contributed by atoms with van der Waals surface area (Å²) in [5, 5.41) is 10.9. The summed E-state index contributed by atoms with van der Waals surface area (Å²) in [5.41, 5.74) is 0.509. The topological polar surface area (TPSA) is 109 Å². The molecule has 9 heteroatoms. The van der Waals surface area contributed by atoms with Gasteiger partial charge >= 0.3 is 6.03 Å². The molecule has 0 spiro atoms. The van der Waals surface area contributed by atoms with Gasteiger partial charge < -0.3 is 20.7 Å². The molecule has 1 aromatic carbocycles. The Hall–Kier alpha value is -2.16. The quantitative estimate of drug-likeness (QED) is 0.555. The Labute approximate surface area is 157 Å². The molecule has 3 rings (SSSR count). The zero-order chi connectivity index (χ0) is 18.0. The molecule has 0 radical (unpaired) electrons. The molecule has 4 amide bonds. The number of morpholine rings is 1. The van der Waals surface area contributed by atoms with Crippen molar-refractivity contribution in [1.82, 2.24) is 21.3 Å². The van der Waals surface area contributed by atoms with Crippen molar-refractivity contribution in [2.24, 2.45) is 0 Å². The van der Waals surface area contributed by atoms with Gasteiger partial charge in [0, 0.05) is 13.1 Å². The highest BCUT2D eigenvalue weighted by Gasteiger charge is 2.43. The fourth-order valence-corrected chi connectivity index (χ4v) is 3.03. The van der Waals surface area contributed by atoms with Gasteiger partial charge in [0.2, 0.25) is 5.91 Å². The molecule has 2 saturated heterocycles. The molecule has 2 heterocycles. The Bertz CT molecular complexity index is 697. The van der Waals surface area contributed by atoms with Crippen LogP contribution in [0.2, 0.25) is 0 Å². The highest BCUT2D eigenvalue weighted by atomic mass is 35.5. The van der Waals surface area contributed by atoms with Crippen LogP contribution in [0.4, 0.5) is 4.79 Å². The Balaban J connectivity index is 0.00000243. The van der Waals surface area contributed by atoms with Crippen LogP contribution in [0.1, 0.15) is 25.0 Å². The standard InChI is InChI=1S/C17H22N4O4.ClH/c1-10-13(18-7-8-25-10)14(22)19-9-11-3-5-12(6-4-11)17(2)15(23)20-16(24)21-17;/h3-6,10,13,18H,7-9H2,1-2H3,(H,19,22)(H2,20,21,23,24);1H/t10-,13+,17?;/m1./s1. The van der Waals surface area contributed by atoms with Crippen LogP contribution in [0.15, 0.2) is 24.3 Å². The Morgan fingerprint density at radius 2 is 2.00 bits per heavy atom. The first kappa shape index (κ1) is 20.2. The summed E-state index contributed by atoms with van der Waals surface area (Å²) in [6.45, 7) is 5.16. The SMILES string of the molecule is C[C@H]1OCCN[C@@H]1C(=O)NCc1ccc(C2(C)NC(=O)NC2=O)cc1.Cl. The number of ether oxygens (including phenoxy) is 1. The number of imide groups is 1. The summed E-state index contributed by atoms with van der Waals surface area (Å²) in [6, 6.07) is 6.35. The maximum Gasteiger partial charge on any atom is 0.322 e. The van der Waals surface area contributed by atoms with Crippen molar-refractivity contribution >= 4 is 30.3 Å². The molecule has 0 bridgehead atoms. The van der Waals surface area contributed by atoms with Crippen LogP contribution in [-0.4, -0.2) is 43.1 Å². The highest BCUT2D eigenvalue weighted by Crippen LogP contribution is 2.24. The summed E-state index contributed by atoms with van der Waals surface area (Å²) in [6.07, 6.45) is -0.166. The fraction of sp³-hybridized carbons (Fsp3) is 0.471. The number of hydrogen-bond donors (Lipinski definition) is 4. The number of benzene rings is 1. The molecular weight excluding hydrogens is 360 g/mol. The lowest BCUT2D eigenvalue weighted by atomic mass is 9.91. The molecule has 4 N–H and O–H groups in total. The van der Waals surface area contributed by atoms with Gasteiger partial charge in [-0.05, 0) is 25.0 Å². The van der Waals surface area contributed by atoms with Gasteiger partial charge in [0.05, 0.1) is 12.7 Å². The maximum atomic E-state index is 12.2. The normalized spacial score (nSPS) is 27.9. The van der Waals surface area contributed by atoms with E-state index in [0.717, 1.165) is 5.56 Å². The number of halogens is 1. The molecule has 2 fully saturated rings. The van der Waals surface area contributed by atoms with Gasteiger partial charge in [0.1, 0.15) is 11.6 Å². The van der Waals surface area contributed by atoms with E-state index < -0.39 is 11.6 Å². The molecule has 1 aromatic rings.